The number of hydrogen-bond acceptors (Lipinski definition) is 2. The molecule has 2 unspecified atom stereocenters. The largest absolute Gasteiger partial charge is 0.273 e. The van der Waals surface area contributed by atoms with E-state index in [2.05, 4.69) is 24.4 Å². The van der Waals surface area contributed by atoms with Gasteiger partial charge in [0.25, 0.3) is 0 Å². The van der Waals surface area contributed by atoms with Gasteiger partial charge < -0.3 is 0 Å². The fourth-order valence-electron chi connectivity index (χ4n) is 6.56. The highest BCUT2D eigenvalue weighted by Crippen LogP contribution is 2.69. The van der Waals surface area contributed by atoms with E-state index in [1.165, 1.54) is 19.3 Å². The molecule has 1 aromatic carbocycles. The average Bonchev–Trinajstić information content (AvgIpc) is 2.45. The molecule has 4 saturated carbocycles. The van der Waals surface area contributed by atoms with E-state index in [0.29, 0.717) is 21.8 Å². The summed E-state index contributed by atoms with van der Waals surface area (Å²) in [5, 5.41) is 4.84. The maximum Gasteiger partial charge on any atom is 0.246 e. The minimum Gasteiger partial charge on any atom is -0.273 e. The third-order valence-corrected chi connectivity index (χ3v) is 6.73. The summed E-state index contributed by atoms with van der Waals surface area (Å²) in [5.41, 5.74) is 4.09. The molecule has 128 valence electrons. The predicted octanol–water partition coefficient (Wildman–Crippen LogP) is 4.79. The van der Waals surface area contributed by atoms with Crippen molar-refractivity contribution in [3.05, 3.63) is 34.9 Å². The molecule has 3 nitrogen and oxygen atoms in total. The third-order valence-electron chi connectivity index (χ3n) is 6.38. The summed E-state index contributed by atoms with van der Waals surface area (Å²) in [6.45, 7) is 4.76. The lowest BCUT2D eigenvalue weighted by Crippen LogP contribution is -2.59. The van der Waals surface area contributed by atoms with Crippen LogP contribution >= 0.6 is 11.6 Å². The van der Waals surface area contributed by atoms with E-state index >= 15 is 0 Å². The van der Waals surface area contributed by atoms with Gasteiger partial charge in [0.2, 0.25) is 5.91 Å². The van der Waals surface area contributed by atoms with Crippen molar-refractivity contribution in [3.8, 4) is 0 Å². The quantitative estimate of drug-likeness (QED) is 0.621. The van der Waals surface area contributed by atoms with Gasteiger partial charge in [0.05, 0.1) is 11.6 Å². The SMILES string of the molecule is CC12CC3CC(C)(C1)CC(C(=O)N/N=C/c1ccccc1Cl)(C3)C2. The van der Waals surface area contributed by atoms with Crippen LogP contribution in [0.5, 0.6) is 0 Å². The molecular weight excluding hydrogens is 320 g/mol. The van der Waals surface area contributed by atoms with Crippen molar-refractivity contribution in [2.75, 3.05) is 0 Å². The zero-order valence-electron chi connectivity index (χ0n) is 14.4. The van der Waals surface area contributed by atoms with E-state index in [-0.39, 0.29) is 11.3 Å². The highest BCUT2D eigenvalue weighted by molar-refractivity contribution is 6.33. The van der Waals surface area contributed by atoms with Crippen LogP contribution in [0.25, 0.3) is 0 Å². The molecule has 24 heavy (non-hydrogen) atoms. The molecule has 1 amide bonds. The first-order valence-corrected chi connectivity index (χ1v) is 9.28. The lowest BCUT2D eigenvalue weighted by atomic mass is 9.40. The molecule has 5 rings (SSSR count). The van der Waals surface area contributed by atoms with Gasteiger partial charge in [-0.2, -0.15) is 5.10 Å². The Morgan fingerprint density at radius 3 is 2.46 bits per heavy atom. The maximum atomic E-state index is 13.0. The highest BCUT2D eigenvalue weighted by atomic mass is 35.5. The van der Waals surface area contributed by atoms with Crippen LogP contribution in [0.3, 0.4) is 0 Å². The van der Waals surface area contributed by atoms with Crippen LogP contribution < -0.4 is 5.43 Å². The Labute approximate surface area is 148 Å². The smallest absolute Gasteiger partial charge is 0.246 e. The lowest BCUT2D eigenvalue weighted by molar-refractivity contribution is -0.170. The maximum absolute atomic E-state index is 13.0. The predicted molar refractivity (Wildman–Crippen MR) is 97.0 cm³/mol. The second-order valence-electron chi connectivity index (χ2n) is 9.13. The Morgan fingerprint density at radius 1 is 1.17 bits per heavy atom. The minimum atomic E-state index is -0.221. The molecule has 0 aliphatic heterocycles. The summed E-state index contributed by atoms with van der Waals surface area (Å²) in [6, 6.07) is 7.52. The zero-order valence-corrected chi connectivity index (χ0v) is 15.2. The van der Waals surface area contributed by atoms with E-state index in [4.69, 9.17) is 11.6 Å². The van der Waals surface area contributed by atoms with E-state index in [1.54, 1.807) is 6.21 Å². The van der Waals surface area contributed by atoms with Gasteiger partial charge in [0.15, 0.2) is 0 Å². The average molecular weight is 345 g/mol. The Kier molecular flexibility index (Phi) is 3.58. The number of hydrogen-bond donors (Lipinski definition) is 1. The number of hydrazone groups is 1. The molecule has 4 heteroatoms. The molecule has 4 fully saturated rings. The number of carbonyl (C=O) groups is 1. The van der Waals surface area contributed by atoms with Crippen LogP contribution in [0.2, 0.25) is 5.02 Å². The lowest BCUT2D eigenvalue weighted by Gasteiger charge is -2.64. The first-order valence-electron chi connectivity index (χ1n) is 8.90. The highest BCUT2D eigenvalue weighted by Gasteiger charge is 2.62. The van der Waals surface area contributed by atoms with E-state index in [9.17, 15) is 4.79 Å². The van der Waals surface area contributed by atoms with Crippen molar-refractivity contribution in [2.45, 2.75) is 52.4 Å². The molecule has 4 aliphatic carbocycles. The second kappa shape index (κ2) is 5.32. The van der Waals surface area contributed by atoms with Gasteiger partial charge in [0.1, 0.15) is 0 Å². The van der Waals surface area contributed by atoms with E-state index in [0.717, 1.165) is 24.8 Å². The van der Waals surface area contributed by atoms with Crippen LogP contribution in [0.15, 0.2) is 29.4 Å². The molecule has 0 spiro atoms. The Morgan fingerprint density at radius 2 is 1.83 bits per heavy atom. The number of carbonyl (C=O) groups excluding carboxylic acids is 1. The van der Waals surface area contributed by atoms with Crippen LogP contribution in [-0.2, 0) is 4.79 Å². The molecule has 0 saturated heterocycles. The summed E-state index contributed by atoms with van der Waals surface area (Å²) in [4.78, 5) is 13.0. The van der Waals surface area contributed by atoms with Gasteiger partial charge in [-0.05, 0) is 61.3 Å². The molecule has 1 N–H and O–H groups in total. The van der Waals surface area contributed by atoms with E-state index < -0.39 is 0 Å². The van der Waals surface area contributed by atoms with Crippen LogP contribution in [0.4, 0.5) is 0 Å². The fraction of sp³-hybridized carbons (Fsp3) is 0.600. The summed E-state index contributed by atoms with van der Waals surface area (Å²) in [6.07, 6.45) is 8.56. The van der Waals surface area contributed by atoms with Crippen molar-refractivity contribution in [3.63, 3.8) is 0 Å². The molecule has 2 atom stereocenters. The number of rotatable bonds is 3. The van der Waals surface area contributed by atoms with Crippen molar-refractivity contribution < 1.29 is 4.79 Å². The number of benzene rings is 1. The monoisotopic (exact) mass is 344 g/mol. The van der Waals surface area contributed by atoms with Crippen LogP contribution in [0, 0.1) is 22.2 Å². The first-order chi connectivity index (χ1) is 11.3. The molecule has 0 radical (unpaired) electrons. The summed E-state index contributed by atoms with van der Waals surface area (Å²) >= 11 is 6.13. The van der Waals surface area contributed by atoms with Crippen LogP contribution in [0.1, 0.15) is 57.9 Å². The molecule has 4 bridgehead atoms. The van der Waals surface area contributed by atoms with Gasteiger partial charge in [0, 0.05) is 10.6 Å². The van der Waals surface area contributed by atoms with Crippen molar-refractivity contribution in [1.82, 2.24) is 5.43 Å². The van der Waals surface area contributed by atoms with Gasteiger partial charge >= 0.3 is 0 Å². The zero-order chi connectivity index (χ0) is 17.0. The van der Waals surface area contributed by atoms with E-state index in [1.807, 2.05) is 24.3 Å². The first kappa shape index (κ1) is 16.1. The number of nitrogens with zero attached hydrogens (tertiary/aromatic N) is 1. The number of nitrogens with one attached hydrogen (secondary N) is 1. The Bertz CT molecular complexity index is 695. The van der Waals surface area contributed by atoms with Gasteiger partial charge in [-0.15, -0.1) is 0 Å². The van der Waals surface area contributed by atoms with Crippen LogP contribution in [-0.4, -0.2) is 12.1 Å². The minimum absolute atomic E-state index is 0.104. The summed E-state index contributed by atoms with van der Waals surface area (Å²) in [5.74, 6) is 0.807. The molecule has 0 heterocycles. The van der Waals surface area contributed by atoms with Gasteiger partial charge in [-0.25, -0.2) is 5.43 Å². The van der Waals surface area contributed by atoms with Gasteiger partial charge in [-0.1, -0.05) is 43.6 Å². The summed E-state index contributed by atoms with van der Waals surface area (Å²) < 4.78 is 0. The Hall–Kier alpha value is -1.35. The van der Waals surface area contributed by atoms with Crippen molar-refractivity contribution >= 4 is 23.7 Å². The second-order valence-corrected chi connectivity index (χ2v) is 9.54. The third kappa shape index (κ3) is 2.67. The number of halogens is 1. The number of amides is 1. The molecule has 0 aromatic heterocycles. The van der Waals surface area contributed by atoms with Crippen molar-refractivity contribution in [2.24, 2.45) is 27.3 Å². The van der Waals surface area contributed by atoms with Gasteiger partial charge in [-0.3, -0.25) is 4.79 Å². The molecular formula is C20H25ClN2O. The fourth-order valence-corrected chi connectivity index (χ4v) is 6.74. The Balaban J connectivity index is 1.51. The normalized spacial score (nSPS) is 40.2. The van der Waals surface area contributed by atoms with Crippen molar-refractivity contribution in [1.29, 1.82) is 0 Å². The molecule has 1 aromatic rings. The summed E-state index contributed by atoms with van der Waals surface area (Å²) in [7, 11) is 0. The topological polar surface area (TPSA) is 41.5 Å². The standard InChI is InChI=1S/C20H25ClN2O/c1-18-7-14-8-19(2,11-18)13-20(9-14,12-18)17(24)23-22-10-15-5-3-4-6-16(15)21/h3-6,10,14H,7-9,11-13H2,1-2H3,(H,23,24)/b22-10+. The molecule has 4 aliphatic rings.